The quantitative estimate of drug-likeness (QED) is 0.819. The SMILES string of the molecule is Cc1nc(-c2sc(Cl)cc2CO)cnc1O[C@H]1CCC[C@H](C(=O)O)C1. The molecule has 0 aromatic carbocycles. The number of carboxylic acid groups (broad SMARTS) is 1. The van der Waals surface area contributed by atoms with E-state index in [-0.39, 0.29) is 18.6 Å². The van der Waals surface area contributed by atoms with E-state index in [9.17, 15) is 15.0 Å². The maximum atomic E-state index is 11.2. The largest absolute Gasteiger partial charge is 0.481 e. The lowest BCUT2D eigenvalue weighted by Crippen LogP contribution is -2.30. The molecule has 0 saturated heterocycles. The lowest BCUT2D eigenvalue weighted by molar-refractivity contribution is -0.143. The van der Waals surface area contributed by atoms with Gasteiger partial charge in [-0.1, -0.05) is 11.6 Å². The minimum Gasteiger partial charge on any atom is -0.481 e. The van der Waals surface area contributed by atoms with Gasteiger partial charge >= 0.3 is 5.97 Å². The predicted molar refractivity (Wildman–Crippen MR) is 95.0 cm³/mol. The summed E-state index contributed by atoms with van der Waals surface area (Å²) < 4.78 is 6.49. The second kappa shape index (κ2) is 7.68. The minimum absolute atomic E-state index is 0.115. The number of rotatable bonds is 5. The number of aliphatic carboxylic acids is 1. The van der Waals surface area contributed by atoms with Crippen molar-refractivity contribution in [2.45, 2.75) is 45.3 Å². The Bertz CT molecular complexity index is 780. The molecule has 2 atom stereocenters. The average Bonchev–Trinajstić information content (AvgIpc) is 2.98. The van der Waals surface area contributed by atoms with Crippen molar-refractivity contribution < 1.29 is 19.7 Å². The summed E-state index contributed by atoms with van der Waals surface area (Å²) in [6.45, 7) is 1.69. The van der Waals surface area contributed by atoms with Crippen molar-refractivity contribution in [1.82, 2.24) is 9.97 Å². The van der Waals surface area contributed by atoms with Crippen molar-refractivity contribution in [1.29, 1.82) is 0 Å². The normalized spacial score (nSPS) is 20.4. The van der Waals surface area contributed by atoms with Gasteiger partial charge in [0.1, 0.15) is 11.8 Å². The minimum atomic E-state index is -0.766. The maximum absolute atomic E-state index is 11.2. The van der Waals surface area contributed by atoms with Gasteiger partial charge < -0.3 is 14.9 Å². The smallest absolute Gasteiger partial charge is 0.306 e. The summed E-state index contributed by atoms with van der Waals surface area (Å²) >= 11 is 7.36. The van der Waals surface area contributed by atoms with Crippen molar-refractivity contribution in [3.63, 3.8) is 0 Å². The number of ether oxygens (including phenoxy) is 1. The van der Waals surface area contributed by atoms with Crippen molar-refractivity contribution >= 4 is 28.9 Å². The fourth-order valence-electron chi connectivity index (χ4n) is 3.06. The zero-order chi connectivity index (χ0) is 18.0. The number of aryl methyl sites for hydroxylation is 1. The lowest BCUT2D eigenvalue weighted by atomic mass is 9.87. The summed E-state index contributed by atoms with van der Waals surface area (Å²) in [4.78, 5) is 20.8. The van der Waals surface area contributed by atoms with Crippen LogP contribution in [0.2, 0.25) is 4.34 Å². The third kappa shape index (κ3) is 4.11. The summed E-state index contributed by atoms with van der Waals surface area (Å²) in [5, 5.41) is 18.6. The van der Waals surface area contributed by atoms with Crippen molar-refractivity contribution in [3.05, 3.63) is 27.9 Å². The standard InChI is InChI=1S/C17H19ClN2O4S/c1-9-16(24-12-4-2-3-10(5-12)17(22)23)19-7-13(20-9)15-11(8-21)6-14(18)25-15/h6-7,10,12,21H,2-5,8H2,1H3,(H,22,23)/t10-,12-/m0/s1. The zero-order valence-electron chi connectivity index (χ0n) is 13.7. The molecule has 8 heteroatoms. The first-order valence-corrected chi connectivity index (χ1v) is 9.30. The molecule has 2 aromatic rings. The Labute approximate surface area is 154 Å². The van der Waals surface area contributed by atoms with Crippen LogP contribution >= 0.6 is 22.9 Å². The molecule has 0 amide bonds. The van der Waals surface area contributed by atoms with Gasteiger partial charge in [-0.05, 0) is 44.2 Å². The first-order valence-electron chi connectivity index (χ1n) is 8.10. The number of carbonyl (C=O) groups is 1. The monoisotopic (exact) mass is 382 g/mol. The van der Waals surface area contributed by atoms with Crippen LogP contribution in [0.25, 0.3) is 10.6 Å². The Morgan fingerprint density at radius 2 is 2.28 bits per heavy atom. The van der Waals surface area contributed by atoms with Gasteiger partial charge in [0.05, 0.1) is 33.6 Å². The molecule has 6 nitrogen and oxygen atoms in total. The van der Waals surface area contributed by atoms with Gasteiger partial charge in [-0.15, -0.1) is 11.3 Å². The molecule has 0 bridgehead atoms. The summed E-state index contributed by atoms with van der Waals surface area (Å²) in [6, 6.07) is 1.72. The number of nitrogens with zero attached hydrogens (tertiary/aromatic N) is 2. The molecule has 2 N–H and O–H groups in total. The first kappa shape index (κ1) is 18.1. The molecule has 2 aromatic heterocycles. The molecular formula is C17H19ClN2O4S. The van der Waals surface area contributed by atoms with Crippen LogP contribution in [0.5, 0.6) is 5.88 Å². The topological polar surface area (TPSA) is 92.5 Å². The number of halogens is 1. The van der Waals surface area contributed by atoms with E-state index >= 15 is 0 Å². The van der Waals surface area contributed by atoms with E-state index in [0.29, 0.717) is 40.0 Å². The van der Waals surface area contributed by atoms with Crippen LogP contribution in [0.15, 0.2) is 12.3 Å². The first-order chi connectivity index (χ1) is 12.0. The second-order valence-corrected chi connectivity index (χ2v) is 7.83. The predicted octanol–water partition coefficient (Wildman–Crippen LogP) is 3.68. The molecule has 1 aliphatic rings. The zero-order valence-corrected chi connectivity index (χ0v) is 15.3. The number of carboxylic acids is 1. The number of aliphatic hydroxyl groups is 1. The van der Waals surface area contributed by atoms with Crippen molar-refractivity contribution in [2.24, 2.45) is 5.92 Å². The van der Waals surface area contributed by atoms with Crippen LogP contribution in [-0.2, 0) is 11.4 Å². The van der Waals surface area contributed by atoms with E-state index < -0.39 is 5.97 Å². The summed E-state index contributed by atoms with van der Waals surface area (Å²) in [6.07, 6.45) is 4.29. The molecule has 1 fully saturated rings. The highest BCUT2D eigenvalue weighted by Crippen LogP contribution is 2.35. The maximum Gasteiger partial charge on any atom is 0.306 e. The molecule has 25 heavy (non-hydrogen) atoms. The molecule has 0 unspecified atom stereocenters. The molecule has 1 saturated carbocycles. The van der Waals surface area contributed by atoms with E-state index in [2.05, 4.69) is 9.97 Å². The molecule has 2 heterocycles. The van der Waals surface area contributed by atoms with Gasteiger partial charge in [0.25, 0.3) is 0 Å². The Morgan fingerprint density at radius 1 is 1.48 bits per heavy atom. The summed E-state index contributed by atoms with van der Waals surface area (Å²) in [5.74, 6) is -0.697. The average molecular weight is 383 g/mol. The Balaban J connectivity index is 1.77. The van der Waals surface area contributed by atoms with E-state index in [4.69, 9.17) is 16.3 Å². The number of hydrogen-bond acceptors (Lipinski definition) is 6. The van der Waals surface area contributed by atoms with E-state index in [0.717, 1.165) is 17.7 Å². The highest BCUT2D eigenvalue weighted by molar-refractivity contribution is 7.19. The van der Waals surface area contributed by atoms with Gasteiger partial charge in [0, 0.05) is 0 Å². The van der Waals surface area contributed by atoms with Crippen LogP contribution in [0.3, 0.4) is 0 Å². The molecule has 1 aliphatic carbocycles. The van der Waals surface area contributed by atoms with Crippen LogP contribution < -0.4 is 4.74 Å². The molecule has 134 valence electrons. The number of aromatic nitrogens is 2. The molecule has 0 aliphatic heterocycles. The van der Waals surface area contributed by atoms with E-state index in [1.54, 1.807) is 19.2 Å². The van der Waals surface area contributed by atoms with E-state index in [1.165, 1.54) is 11.3 Å². The third-order valence-corrected chi connectivity index (χ3v) is 5.67. The highest BCUT2D eigenvalue weighted by atomic mass is 35.5. The van der Waals surface area contributed by atoms with Crippen LogP contribution in [-0.4, -0.2) is 32.3 Å². The summed E-state index contributed by atoms with van der Waals surface area (Å²) in [5.41, 5.74) is 1.98. The molecule has 0 spiro atoms. The molecule has 0 radical (unpaired) electrons. The highest BCUT2D eigenvalue weighted by Gasteiger charge is 2.28. The van der Waals surface area contributed by atoms with Crippen LogP contribution in [0.1, 0.15) is 36.9 Å². The van der Waals surface area contributed by atoms with Gasteiger partial charge in [0.2, 0.25) is 5.88 Å². The van der Waals surface area contributed by atoms with Crippen LogP contribution in [0, 0.1) is 12.8 Å². The molecular weight excluding hydrogens is 364 g/mol. The number of aliphatic hydroxyl groups excluding tert-OH is 1. The number of thiophene rings is 1. The molecule has 3 rings (SSSR count). The Kier molecular flexibility index (Phi) is 5.56. The summed E-state index contributed by atoms with van der Waals surface area (Å²) in [7, 11) is 0. The second-order valence-electron chi connectivity index (χ2n) is 6.15. The van der Waals surface area contributed by atoms with Crippen LogP contribution in [0.4, 0.5) is 0 Å². The van der Waals surface area contributed by atoms with Gasteiger partial charge in [-0.2, -0.15) is 0 Å². The fourth-order valence-corrected chi connectivity index (χ4v) is 4.28. The Hall–Kier alpha value is -1.70. The number of hydrogen-bond donors (Lipinski definition) is 2. The van der Waals surface area contributed by atoms with Gasteiger partial charge in [0.15, 0.2) is 0 Å². The Morgan fingerprint density at radius 3 is 2.96 bits per heavy atom. The fraction of sp³-hybridized carbons (Fsp3) is 0.471. The lowest BCUT2D eigenvalue weighted by Gasteiger charge is -2.27. The van der Waals surface area contributed by atoms with Crippen molar-refractivity contribution in [2.75, 3.05) is 0 Å². The third-order valence-electron chi connectivity index (χ3n) is 4.34. The van der Waals surface area contributed by atoms with Crippen molar-refractivity contribution in [3.8, 4) is 16.5 Å². The van der Waals surface area contributed by atoms with E-state index in [1.807, 2.05) is 0 Å². The van der Waals surface area contributed by atoms with Gasteiger partial charge in [-0.25, -0.2) is 9.97 Å². The van der Waals surface area contributed by atoms with Gasteiger partial charge in [-0.3, -0.25) is 4.79 Å².